The van der Waals surface area contributed by atoms with E-state index in [0.717, 1.165) is 0 Å². The summed E-state index contributed by atoms with van der Waals surface area (Å²) in [6, 6.07) is 1.49. The first-order valence-electron chi connectivity index (χ1n) is 4.16. The van der Waals surface area contributed by atoms with Crippen molar-refractivity contribution in [1.29, 1.82) is 5.26 Å². The van der Waals surface area contributed by atoms with Gasteiger partial charge in [0.1, 0.15) is 11.8 Å². The van der Waals surface area contributed by atoms with E-state index in [4.69, 9.17) is 5.26 Å². The Balaban J connectivity index is 3.64. The number of hydrogen-bond acceptors (Lipinski definition) is 2. The normalized spacial score (nSPS) is 11.6. The predicted molar refractivity (Wildman–Crippen MR) is 51.5 cm³/mol. The molecule has 0 aromatic carbocycles. The minimum absolute atomic E-state index is 0.354. The van der Waals surface area contributed by atoms with Crippen LogP contribution in [0.1, 0.15) is 28.8 Å². The third-order valence-corrected chi connectivity index (χ3v) is 2.52. The summed E-state index contributed by atoms with van der Waals surface area (Å²) < 4.78 is 62.9. The molecule has 0 unspecified atom stereocenters. The van der Waals surface area contributed by atoms with Gasteiger partial charge >= 0.3 is 6.18 Å². The zero-order chi connectivity index (χ0) is 13.2. The molecule has 1 aromatic rings. The lowest BCUT2D eigenvalue weighted by Gasteiger charge is -2.15. The van der Waals surface area contributed by atoms with Crippen molar-refractivity contribution in [3.8, 4) is 6.07 Å². The molecule has 0 fully saturated rings. The number of aromatic nitrogens is 1. The SMILES string of the molecule is N#Cc1cnc(C(F)F)c(C(F)(F)F)c1CBr. The monoisotopic (exact) mass is 314 g/mol. The molecule has 1 heterocycles. The number of halogens is 6. The molecule has 0 atom stereocenters. The predicted octanol–water partition coefficient (Wildman–Crippen LogP) is 3.80. The Bertz CT molecular complexity index is 464. The van der Waals surface area contributed by atoms with Gasteiger partial charge in [-0.2, -0.15) is 18.4 Å². The number of pyridine rings is 1. The summed E-state index contributed by atoms with van der Waals surface area (Å²) in [6.07, 6.45) is -7.61. The Morgan fingerprint density at radius 1 is 1.41 bits per heavy atom. The molecule has 0 aliphatic rings. The molecule has 8 heteroatoms. The summed E-state index contributed by atoms with van der Waals surface area (Å²) >= 11 is 2.75. The van der Waals surface area contributed by atoms with Gasteiger partial charge < -0.3 is 0 Å². The molecule has 2 nitrogen and oxygen atoms in total. The lowest BCUT2D eigenvalue weighted by molar-refractivity contribution is -0.140. The maximum Gasteiger partial charge on any atom is 0.418 e. The first kappa shape index (κ1) is 13.8. The molecule has 0 bridgehead atoms. The van der Waals surface area contributed by atoms with E-state index in [2.05, 4.69) is 20.9 Å². The van der Waals surface area contributed by atoms with Crippen molar-refractivity contribution in [2.24, 2.45) is 0 Å². The second kappa shape index (κ2) is 4.96. The Labute approximate surface area is 101 Å². The largest absolute Gasteiger partial charge is 0.418 e. The van der Waals surface area contributed by atoms with Gasteiger partial charge in [-0.15, -0.1) is 0 Å². The number of nitriles is 1. The van der Waals surface area contributed by atoms with Crippen molar-refractivity contribution in [2.75, 3.05) is 0 Å². The Morgan fingerprint density at radius 2 is 2.00 bits per heavy atom. The van der Waals surface area contributed by atoms with Gasteiger partial charge in [-0.25, -0.2) is 8.78 Å². The molecule has 0 N–H and O–H groups in total. The van der Waals surface area contributed by atoms with Crippen molar-refractivity contribution in [3.63, 3.8) is 0 Å². The van der Waals surface area contributed by atoms with Gasteiger partial charge in [0.25, 0.3) is 6.43 Å². The van der Waals surface area contributed by atoms with Crippen molar-refractivity contribution in [1.82, 2.24) is 4.98 Å². The third kappa shape index (κ3) is 2.72. The molecule has 92 valence electrons. The van der Waals surface area contributed by atoms with Gasteiger partial charge in [0.2, 0.25) is 0 Å². The highest BCUT2D eigenvalue weighted by atomic mass is 79.9. The van der Waals surface area contributed by atoms with E-state index in [1.807, 2.05) is 0 Å². The summed E-state index contributed by atoms with van der Waals surface area (Å²) in [6.45, 7) is 0. The van der Waals surface area contributed by atoms with E-state index < -0.39 is 29.4 Å². The first-order valence-corrected chi connectivity index (χ1v) is 5.28. The van der Waals surface area contributed by atoms with Crippen molar-refractivity contribution in [3.05, 3.63) is 28.6 Å². The highest BCUT2D eigenvalue weighted by Crippen LogP contribution is 2.39. The number of hydrogen-bond donors (Lipinski definition) is 0. The van der Waals surface area contributed by atoms with E-state index in [9.17, 15) is 22.0 Å². The lowest BCUT2D eigenvalue weighted by Crippen LogP contribution is -2.15. The molecule has 0 amide bonds. The molecule has 1 rings (SSSR count). The molecule has 0 saturated heterocycles. The van der Waals surface area contributed by atoms with E-state index in [-0.39, 0.29) is 10.9 Å². The van der Waals surface area contributed by atoms with Gasteiger partial charge in [-0.3, -0.25) is 4.98 Å². The van der Waals surface area contributed by atoms with E-state index >= 15 is 0 Å². The first-order chi connectivity index (χ1) is 7.82. The van der Waals surface area contributed by atoms with Crippen LogP contribution < -0.4 is 0 Å². The van der Waals surface area contributed by atoms with Crippen LogP contribution in [0.5, 0.6) is 0 Å². The molecule has 1 aromatic heterocycles. The topological polar surface area (TPSA) is 36.7 Å². The Morgan fingerprint density at radius 3 is 2.35 bits per heavy atom. The minimum atomic E-state index is -4.98. The Kier molecular flexibility index (Phi) is 4.03. The summed E-state index contributed by atoms with van der Waals surface area (Å²) in [7, 11) is 0. The quantitative estimate of drug-likeness (QED) is 0.615. The van der Waals surface area contributed by atoms with Crippen LogP contribution in [0.25, 0.3) is 0 Å². The average Bonchev–Trinajstić information content (AvgIpc) is 2.25. The molecular formula is C9H4BrF5N2. The second-order valence-corrected chi connectivity index (χ2v) is 3.52. The summed E-state index contributed by atoms with van der Waals surface area (Å²) in [5.41, 5.74) is -3.79. The van der Waals surface area contributed by atoms with Crippen molar-refractivity contribution >= 4 is 15.9 Å². The number of alkyl halides is 6. The maximum atomic E-state index is 12.7. The standard InChI is InChI=1S/C9H4BrF5N2/c10-1-5-4(2-16)3-17-7(8(11)12)6(5)9(13,14)15/h3,8H,1H2. The van der Waals surface area contributed by atoms with Crippen LogP contribution in [-0.4, -0.2) is 4.98 Å². The van der Waals surface area contributed by atoms with E-state index in [0.29, 0.717) is 6.20 Å². The highest BCUT2D eigenvalue weighted by Gasteiger charge is 2.40. The summed E-state index contributed by atoms with van der Waals surface area (Å²) in [5.74, 6) is 0. The maximum absolute atomic E-state index is 12.7. The lowest BCUT2D eigenvalue weighted by atomic mass is 10.0. The number of nitrogens with zero attached hydrogens (tertiary/aromatic N) is 2. The molecular weight excluding hydrogens is 311 g/mol. The summed E-state index contributed by atoms with van der Waals surface area (Å²) in [4.78, 5) is 3.01. The van der Waals surface area contributed by atoms with Crippen molar-refractivity contribution < 1.29 is 22.0 Å². The van der Waals surface area contributed by atoms with Crippen LogP contribution in [0.3, 0.4) is 0 Å². The summed E-state index contributed by atoms with van der Waals surface area (Å²) in [5, 5.41) is 8.25. The highest BCUT2D eigenvalue weighted by molar-refractivity contribution is 9.08. The van der Waals surface area contributed by atoms with E-state index in [1.54, 1.807) is 0 Å². The minimum Gasteiger partial charge on any atom is -0.253 e. The average molecular weight is 315 g/mol. The van der Waals surface area contributed by atoms with E-state index in [1.165, 1.54) is 6.07 Å². The Hall–Kier alpha value is -1.23. The zero-order valence-electron chi connectivity index (χ0n) is 8.02. The van der Waals surface area contributed by atoms with Crippen LogP contribution in [0, 0.1) is 11.3 Å². The van der Waals surface area contributed by atoms with Gasteiger partial charge in [0.05, 0.1) is 11.1 Å². The third-order valence-electron chi connectivity index (χ3n) is 1.96. The fourth-order valence-electron chi connectivity index (χ4n) is 1.28. The number of rotatable bonds is 2. The smallest absolute Gasteiger partial charge is 0.253 e. The molecule has 0 aliphatic heterocycles. The van der Waals surface area contributed by atoms with Crippen LogP contribution in [0.2, 0.25) is 0 Å². The zero-order valence-corrected chi connectivity index (χ0v) is 9.61. The van der Waals surface area contributed by atoms with Crippen LogP contribution in [0.4, 0.5) is 22.0 Å². The van der Waals surface area contributed by atoms with Crippen LogP contribution in [0.15, 0.2) is 6.20 Å². The van der Waals surface area contributed by atoms with Crippen LogP contribution >= 0.6 is 15.9 Å². The van der Waals surface area contributed by atoms with Gasteiger partial charge in [0.15, 0.2) is 0 Å². The molecule has 0 aliphatic carbocycles. The molecule has 0 saturated carbocycles. The van der Waals surface area contributed by atoms with Gasteiger partial charge in [-0.05, 0) is 5.56 Å². The van der Waals surface area contributed by atoms with Crippen LogP contribution in [-0.2, 0) is 11.5 Å². The molecule has 0 radical (unpaired) electrons. The molecule has 0 spiro atoms. The fraction of sp³-hybridized carbons (Fsp3) is 0.333. The van der Waals surface area contributed by atoms with Gasteiger partial charge in [0, 0.05) is 11.5 Å². The molecule has 17 heavy (non-hydrogen) atoms. The second-order valence-electron chi connectivity index (χ2n) is 2.95. The van der Waals surface area contributed by atoms with Crippen molar-refractivity contribution in [2.45, 2.75) is 17.9 Å². The van der Waals surface area contributed by atoms with Gasteiger partial charge in [-0.1, -0.05) is 15.9 Å². The fourth-order valence-corrected chi connectivity index (χ4v) is 1.87.